The molecule has 1 saturated heterocycles. The molecule has 10 nitrogen and oxygen atoms in total. The van der Waals surface area contributed by atoms with E-state index in [1.54, 1.807) is 21.0 Å². The highest BCUT2D eigenvalue weighted by Crippen LogP contribution is 2.44. The molecule has 1 aromatic rings. The lowest BCUT2D eigenvalue weighted by atomic mass is 9.96. The zero-order valence-corrected chi connectivity index (χ0v) is 23.5. The molecule has 2 aliphatic heterocycles. The summed E-state index contributed by atoms with van der Waals surface area (Å²) in [6.07, 6.45) is -4.04. The van der Waals surface area contributed by atoms with Crippen LogP contribution in [0.3, 0.4) is 0 Å². The van der Waals surface area contributed by atoms with Crippen molar-refractivity contribution in [1.29, 1.82) is 0 Å². The maximum absolute atomic E-state index is 14.4. The number of carbonyl (C=O) groups excluding carboxylic acids is 2. The molecule has 0 radical (unpaired) electrons. The van der Waals surface area contributed by atoms with Gasteiger partial charge in [-0.25, -0.2) is 4.79 Å². The van der Waals surface area contributed by atoms with E-state index in [1.165, 1.54) is 28.7 Å². The lowest BCUT2D eigenvalue weighted by Gasteiger charge is -2.42. The number of piperidine rings is 1. The Hall–Kier alpha value is -3.06. The molecule has 40 heavy (non-hydrogen) atoms. The summed E-state index contributed by atoms with van der Waals surface area (Å²) in [6.45, 7) is 5.50. The fourth-order valence-corrected chi connectivity index (χ4v) is 5.38. The van der Waals surface area contributed by atoms with Crippen LogP contribution in [-0.2, 0) is 20.4 Å². The third-order valence-electron chi connectivity index (χ3n) is 7.21. The lowest BCUT2D eigenvalue weighted by molar-refractivity contribution is -0.140. The van der Waals surface area contributed by atoms with Gasteiger partial charge in [-0.3, -0.25) is 9.59 Å². The molecule has 1 unspecified atom stereocenters. The molecule has 1 aromatic carbocycles. The second-order valence-electron chi connectivity index (χ2n) is 10.6. The summed E-state index contributed by atoms with van der Waals surface area (Å²) in [7, 11) is 2.91. The Balaban J connectivity index is 2.12. The predicted octanol–water partition coefficient (Wildman–Crippen LogP) is 4.26. The third kappa shape index (κ3) is 6.63. The zero-order valence-electron chi connectivity index (χ0n) is 23.5. The average molecular weight is 574 g/mol. The fourth-order valence-electron chi connectivity index (χ4n) is 5.38. The number of likely N-dealkylation sites (tertiary alicyclic amines) is 1. The quantitative estimate of drug-likeness (QED) is 0.417. The molecule has 3 amide bonds. The van der Waals surface area contributed by atoms with E-state index < -0.39 is 52.9 Å². The number of amides is 3. The van der Waals surface area contributed by atoms with E-state index >= 15 is 0 Å². The second kappa shape index (κ2) is 12.6. The maximum Gasteiger partial charge on any atom is 0.417 e. The first-order chi connectivity index (χ1) is 18.7. The van der Waals surface area contributed by atoms with Crippen molar-refractivity contribution < 1.29 is 46.9 Å². The maximum atomic E-state index is 14.4. The van der Waals surface area contributed by atoms with Crippen LogP contribution in [0.15, 0.2) is 12.1 Å². The number of fused-ring (bicyclic) bond motifs is 1. The van der Waals surface area contributed by atoms with Gasteiger partial charge < -0.3 is 34.0 Å². The summed E-state index contributed by atoms with van der Waals surface area (Å²) in [5.74, 6) is -1.57. The molecule has 1 N–H and O–H groups in total. The topological polar surface area (TPSA) is 109 Å². The van der Waals surface area contributed by atoms with Crippen LogP contribution in [0.25, 0.3) is 0 Å². The average Bonchev–Trinajstić information content (AvgIpc) is 2.87. The zero-order chi connectivity index (χ0) is 29.8. The smallest absolute Gasteiger partial charge is 0.417 e. The van der Waals surface area contributed by atoms with Gasteiger partial charge in [0.05, 0.1) is 29.5 Å². The Morgan fingerprint density at radius 2 is 1.93 bits per heavy atom. The summed E-state index contributed by atoms with van der Waals surface area (Å²) < 4.78 is 59.3. The monoisotopic (exact) mass is 573 g/mol. The molecule has 0 aromatic heterocycles. The van der Waals surface area contributed by atoms with Gasteiger partial charge in [0.25, 0.3) is 11.8 Å². The van der Waals surface area contributed by atoms with Crippen LogP contribution in [0.1, 0.15) is 62.4 Å². The van der Waals surface area contributed by atoms with E-state index in [2.05, 4.69) is 0 Å². The van der Waals surface area contributed by atoms with E-state index in [0.29, 0.717) is 32.3 Å². The molecular formula is C27H38F3N3O7. The predicted molar refractivity (Wildman–Crippen MR) is 140 cm³/mol. The van der Waals surface area contributed by atoms with Crippen LogP contribution < -0.4 is 9.64 Å². The highest BCUT2D eigenvalue weighted by molar-refractivity contribution is 6.05. The van der Waals surface area contributed by atoms with Crippen LogP contribution in [0.4, 0.5) is 23.7 Å². The molecular weight excluding hydrogens is 535 g/mol. The number of hydrogen-bond donors (Lipinski definition) is 1. The van der Waals surface area contributed by atoms with Crippen molar-refractivity contribution in [3.8, 4) is 5.75 Å². The normalized spacial score (nSPS) is 21.3. The Labute approximate surface area is 231 Å². The molecule has 3 rings (SSSR count). The molecule has 0 aliphatic carbocycles. The number of methoxy groups -OCH3 is 2. The van der Waals surface area contributed by atoms with E-state index in [1.807, 2.05) is 0 Å². The molecule has 2 atom stereocenters. The van der Waals surface area contributed by atoms with Crippen molar-refractivity contribution in [2.45, 2.75) is 70.3 Å². The van der Waals surface area contributed by atoms with Gasteiger partial charge in [-0.05, 0) is 58.6 Å². The molecule has 2 aliphatic rings. The first-order valence-corrected chi connectivity index (χ1v) is 13.3. The van der Waals surface area contributed by atoms with Crippen molar-refractivity contribution >= 4 is 23.6 Å². The lowest BCUT2D eigenvalue weighted by Crippen LogP contribution is -2.57. The van der Waals surface area contributed by atoms with Crippen molar-refractivity contribution in [2.24, 2.45) is 0 Å². The number of carboxylic acid groups (broad SMARTS) is 1. The van der Waals surface area contributed by atoms with Gasteiger partial charge in [0, 0.05) is 46.5 Å². The fraction of sp³-hybridized carbons (Fsp3) is 0.667. The molecule has 0 saturated carbocycles. The number of ether oxygens (including phenoxy) is 3. The van der Waals surface area contributed by atoms with Crippen molar-refractivity contribution in [3.05, 3.63) is 23.3 Å². The van der Waals surface area contributed by atoms with Gasteiger partial charge in [-0.1, -0.05) is 0 Å². The molecule has 13 heteroatoms. The summed E-state index contributed by atoms with van der Waals surface area (Å²) in [5.41, 5.74) is -3.32. The van der Waals surface area contributed by atoms with Gasteiger partial charge in [0.1, 0.15) is 5.75 Å². The Morgan fingerprint density at radius 1 is 1.23 bits per heavy atom. The second-order valence-corrected chi connectivity index (χ2v) is 10.6. The van der Waals surface area contributed by atoms with Crippen LogP contribution in [0.5, 0.6) is 5.75 Å². The van der Waals surface area contributed by atoms with Gasteiger partial charge >= 0.3 is 12.3 Å². The van der Waals surface area contributed by atoms with Crippen LogP contribution in [-0.4, -0.2) is 97.6 Å². The number of carbonyl (C=O) groups is 3. The van der Waals surface area contributed by atoms with Gasteiger partial charge in [-0.15, -0.1) is 0 Å². The summed E-state index contributed by atoms with van der Waals surface area (Å²) in [6, 6.07) is 0.723. The minimum absolute atomic E-state index is 0.00581. The number of alkyl halides is 3. The standard InChI is InChI=1S/C27H38F3N3O7/c1-17(2)33(18-9-8-10-31(15-18)25(36)37)23(34)19-13-21-22(14-20(19)27(28,29)30)40-26(3,16-39-5)24(35)32(21)11-6-7-12-38-4/h13-14,17-18H,6-12,15-16H2,1-5H3,(H,36,37)/t18-,26?/m1/s1. The third-order valence-corrected chi connectivity index (χ3v) is 7.21. The Morgan fingerprint density at radius 3 is 2.50 bits per heavy atom. The van der Waals surface area contributed by atoms with Crippen LogP contribution >= 0.6 is 0 Å². The highest BCUT2D eigenvalue weighted by Gasteiger charge is 2.47. The van der Waals surface area contributed by atoms with E-state index in [-0.39, 0.29) is 37.7 Å². The van der Waals surface area contributed by atoms with E-state index in [9.17, 15) is 32.7 Å². The Kier molecular flexibility index (Phi) is 9.94. The van der Waals surface area contributed by atoms with Crippen molar-refractivity contribution in [3.63, 3.8) is 0 Å². The minimum Gasteiger partial charge on any atom is -0.473 e. The highest BCUT2D eigenvalue weighted by atomic mass is 19.4. The molecule has 0 spiro atoms. The summed E-state index contributed by atoms with van der Waals surface area (Å²) in [4.78, 5) is 42.8. The van der Waals surface area contributed by atoms with Crippen LogP contribution in [0, 0.1) is 0 Å². The van der Waals surface area contributed by atoms with Crippen molar-refractivity contribution in [2.75, 3.05) is 52.0 Å². The summed E-state index contributed by atoms with van der Waals surface area (Å²) >= 11 is 0. The number of benzene rings is 1. The molecule has 2 heterocycles. The van der Waals surface area contributed by atoms with Gasteiger partial charge in [-0.2, -0.15) is 13.2 Å². The van der Waals surface area contributed by atoms with Gasteiger partial charge in [0.15, 0.2) is 0 Å². The van der Waals surface area contributed by atoms with Crippen LogP contribution in [0.2, 0.25) is 0 Å². The Bertz CT molecular complexity index is 1100. The SMILES string of the molecule is COCCCCN1C(=O)C(C)(COC)Oc2cc(C(F)(F)F)c(C(=O)N(C(C)C)[C@@H]3CCCN(C(=O)O)C3)cc21. The number of unbranched alkanes of at least 4 members (excludes halogenated alkanes) is 1. The van der Waals surface area contributed by atoms with Crippen molar-refractivity contribution in [1.82, 2.24) is 9.80 Å². The number of halogens is 3. The molecule has 1 fully saturated rings. The number of anilines is 1. The van der Waals surface area contributed by atoms with Gasteiger partial charge in [0.2, 0.25) is 5.60 Å². The first kappa shape index (κ1) is 31.5. The number of nitrogens with zero attached hydrogens (tertiary/aromatic N) is 3. The van der Waals surface area contributed by atoms with E-state index in [4.69, 9.17) is 14.2 Å². The summed E-state index contributed by atoms with van der Waals surface area (Å²) in [5, 5.41) is 9.46. The number of hydrogen-bond acceptors (Lipinski definition) is 6. The minimum atomic E-state index is -4.91. The molecule has 224 valence electrons. The first-order valence-electron chi connectivity index (χ1n) is 13.3. The van der Waals surface area contributed by atoms with E-state index in [0.717, 1.165) is 12.1 Å². The molecule has 0 bridgehead atoms. The number of rotatable bonds is 10. The largest absolute Gasteiger partial charge is 0.473 e.